The molecule has 6 heteroatoms. The number of nitrogens with zero attached hydrogens (tertiary/aromatic N) is 1. The quantitative estimate of drug-likeness (QED) is 0.908. The van der Waals surface area contributed by atoms with E-state index in [9.17, 15) is 13.5 Å². The zero-order valence-corrected chi connectivity index (χ0v) is 13.8. The Kier molecular flexibility index (Phi) is 5.23. The molecule has 0 bridgehead atoms. The maximum absolute atomic E-state index is 12.9. The Hall–Kier alpha value is -0.430. The minimum absolute atomic E-state index is 0.115. The zero-order valence-electron chi connectivity index (χ0n) is 12.1. The first-order chi connectivity index (χ1) is 9.52. The molecule has 2 rings (SSSR count). The number of hydrogen-bond acceptors (Lipinski definition) is 4. The standard InChI is InChI=1S/C14H23NO3S2/c1-3-15(12-7-5-4-6-8-12)20(17,18)14-11(2)10-19-13(14)9-16/h10,12,16H,3-9H2,1-2H3. The molecule has 1 aliphatic carbocycles. The van der Waals surface area contributed by atoms with Gasteiger partial charge in [0.25, 0.3) is 0 Å². The first-order valence-electron chi connectivity index (χ1n) is 7.22. The minimum atomic E-state index is -3.50. The summed E-state index contributed by atoms with van der Waals surface area (Å²) in [5, 5.41) is 11.2. The molecule has 1 heterocycles. The van der Waals surface area contributed by atoms with E-state index in [4.69, 9.17) is 0 Å². The Morgan fingerprint density at radius 1 is 1.35 bits per heavy atom. The van der Waals surface area contributed by atoms with E-state index in [1.165, 1.54) is 17.8 Å². The molecule has 0 radical (unpaired) electrons. The average Bonchev–Trinajstić information content (AvgIpc) is 2.82. The third-order valence-electron chi connectivity index (χ3n) is 3.99. The number of aliphatic hydroxyl groups is 1. The molecule has 0 aliphatic heterocycles. The molecule has 0 saturated heterocycles. The van der Waals surface area contributed by atoms with Crippen molar-refractivity contribution >= 4 is 21.4 Å². The highest BCUT2D eigenvalue weighted by Crippen LogP contribution is 2.33. The average molecular weight is 317 g/mol. The molecular formula is C14H23NO3S2. The van der Waals surface area contributed by atoms with Gasteiger partial charge in [0.2, 0.25) is 10.0 Å². The van der Waals surface area contributed by atoms with E-state index in [1.807, 2.05) is 12.3 Å². The van der Waals surface area contributed by atoms with Crippen molar-refractivity contribution in [2.75, 3.05) is 6.54 Å². The fourth-order valence-corrected chi connectivity index (χ4v) is 6.36. The molecule has 0 unspecified atom stereocenters. The predicted molar refractivity (Wildman–Crippen MR) is 81.4 cm³/mol. The second kappa shape index (κ2) is 6.56. The molecular weight excluding hydrogens is 294 g/mol. The van der Waals surface area contributed by atoms with Crippen molar-refractivity contribution in [2.45, 2.75) is 63.5 Å². The molecule has 1 aliphatic rings. The van der Waals surface area contributed by atoms with Crippen molar-refractivity contribution in [2.24, 2.45) is 0 Å². The molecule has 1 aromatic rings. The van der Waals surface area contributed by atoms with Gasteiger partial charge in [-0.25, -0.2) is 8.42 Å². The third-order valence-corrected chi connectivity index (χ3v) is 7.47. The van der Waals surface area contributed by atoms with Crippen LogP contribution in [0.4, 0.5) is 0 Å². The smallest absolute Gasteiger partial charge is 0.244 e. The van der Waals surface area contributed by atoms with Crippen molar-refractivity contribution in [1.29, 1.82) is 0 Å². The Morgan fingerprint density at radius 2 is 2.00 bits per heavy atom. The molecule has 0 aromatic carbocycles. The summed E-state index contributed by atoms with van der Waals surface area (Å²) in [6, 6.07) is 0.115. The van der Waals surface area contributed by atoms with E-state index >= 15 is 0 Å². The van der Waals surface area contributed by atoms with Crippen molar-refractivity contribution in [3.8, 4) is 0 Å². The lowest BCUT2D eigenvalue weighted by Gasteiger charge is -2.32. The highest BCUT2D eigenvalue weighted by atomic mass is 32.2. The predicted octanol–water partition coefficient (Wildman–Crippen LogP) is 2.89. The van der Waals surface area contributed by atoms with Gasteiger partial charge in [0.15, 0.2) is 0 Å². The summed E-state index contributed by atoms with van der Waals surface area (Å²) in [5.41, 5.74) is 0.744. The Labute approximate surface area is 125 Å². The number of sulfonamides is 1. The van der Waals surface area contributed by atoms with Crippen LogP contribution < -0.4 is 0 Å². The van der Waals surface area contributed by atoms with Crippen LogP contribution in [0.5, 0.6) is 0 Å². The molecule has 1 saturated carbocycles. The lowest BCUT2D eigenvalue weighted by Crippen LogP contribution is -2.41. The molecule has 20 heavy (non-hydrogen) atoms. The van der Waals surface area contributed by atoms with Gasteiger partial charge < -0.3 is 5.11 Å². The van der Waals surface area contributed by atoms with Gasteiger partial charge in [-0.3, -0.25) is 0 Å². The Balaban J connectivity index is 2.38. The van der Waals surface area contributed by atoms with E-state index in [0.717, 1.165) is 31.2 Å². The van der Waals surface area contributed by atoms with Crippen LogP contribution in [0.1, 0.15) is 49.5 Å². The SMILES string of the molecule is CCN(C1CCCCC1)S(=O)(=O)c1c(C)csc1CO. The minimum Gasteiger partial charge on any atom is -0.391 e. The highest BCUT2D eigenvalue weighted by molar-refractivity contribution is 7.89. The molecule has 0 amide bonds. The second-order valence-corrected chi connectivity index (χ2v) is 8.12. The van der Waals surface area contributed by atoms with E-state index < -0.39 is 10.0 Å². The van der Waals surface area contributed by atoms with Gasteiger partial charge in [-0.1, -0.05) is 26.2 Å². The number of aryl methyl sites for hydroxylation is 1. The Morgan fingerprint density at radius 3 is 2.55 bits per heavy atom. The summed E-state index contributed by atoms with van der Waals surface area (Å²) in [7, 11) is -3.50. The topological polar surface area (TPSA) is 57.6 Å². The lowest BCUT2D eigenvalue weighted by atomic mass is 9.95. The van der Waals surface area contributed by atoms with Crippen LogP contribution in [-0.2, 0) is 16.6 Å². The largest absolute Gasteiger partial charge is 0.391 e. The van der Waals surface area contributed by atoms with Crippen LogP contribution >= 0.6 is 11.3 Å². The van der Waals surface area contributed by atoms with Crippen molar-refractivity contribution in [3.63, 3.8) is 0 Å². The normalized spacial score (nSPS) is 17.8. The molecule has 1 aromatic heterocycles. The summed E-state index contributed by atoms with van der Waals surface area (Å²) in [6.45, 7) is 3.98. The summed E-state index contributed by atoms with van der Waals surface area (Å²) in [6.07, 6.45) is 5.31. The first-order valence-corrected chi connectivity index (χ1v) is 9.54. The summed E-state index contributed by atoms with van der Waals surface area (Å²) < 4.78 is 27.5. The van der Waals surface area contributed by atoms with Gasteiger partial charge in [-0.2, -0.15) is 4.31 Å². The maximum Gasteiger partial charge on any atom is 0.244 e. The lowest BCUT2D eigenvalue weighted by molar-refractivity contribution is 0.259. The van der Waals surface area contributed by atoms with E-state index in [2.05, 4.69) is 0 Å². The maximum atomic E-state index is 12.9. The fourth-order valence-electron chi connectivity index (χ4n) is 3.05. The first kappa shape index (κ1) is 15.9. The molecule has 4 nitrogen and oxygen atoms in total. The molecule has 0 spiro atoms. The van der Waals surface area contributed by atoms with Gasteiger partial charge in [0.1, 0.15) is 4.90 Å². The summed E-state index contributed by atoms with van der Waals surface area (Å²) in [4.78, 5) is 0.884. The molecule has 0 atom stereocenters. The van der Waals surface area contributed by atoms with Crippen molar-refractivity contribution < 1.29 is 13.5 Å². The Bertz CT molecular complexity index is 545. The van der Waals surface area contributed by atoms with Crippen molar-refractivity contribution in [1.82, 2.24) is 4.31 Å². The van der Waals surface area contributed by atoms with Crippen LogP contribution in [0.25, 0.3) is 0 Å². The van der Waals surface area contributed by atoms with Gasteiger partial charge in [-0.05, 0) is 30.7 Å². The summed E-state index contributed by atoms with van der Waals surface area (Å²) in [5.74, 6) is 0. The number of aliphatic hydroxyl groups excluding tert-OH is 1. The monoisotopic (exact) mass is 317 g/mol. The molecule has 1 N–H and O–H groups in total. The van der Waals surface area contributed by atoms with Gasteiger partial charge in [0, 0.05) is 12.6 Å². The van der Waals surface area contributed by atoms with Crippen molar-refractivity contribution in [3.05, 3.63) is 15.8 Å². The second-order valence-electron chi connectivity index (χ2n) is 5.33. The van der Waals surface area contributed by atoms with Crippen LogP contribution in [0.3, 0.4) is 0 Å². The number of thiophene rings is 1. The van der Waals surface area contributed by atoms with E-state index in [1.54, 1.807) is 11.2 Å². The fraction of sp³-hybridized carbons (Fsp3) is 0.714. The third kappa shape index (κ3) is 2.93. The number of hydrogen-bond donors (Lipinski definition) is 1. The van der Waals surface area contributed by atoms with E-state index in [-0.39, 0.29) is 12.6 Å². The van der Waals surface area contributed by atoms with Crippen LogP contribution in [0, 0.1) is 6.92 Å². The summed E-state index contributed by atoms with van der Waals surface area (Å²) >= 11 is 1.32. The van der Waals surface area contributed by atoms with Crippen LogP contribution in [0.2, 0.25) is 0 Å². The van der Waals surface area contributed by atoms with Gasteiger partial charge >= 0.3 is 0 Å². The van der Waals surface area contributed by atoms with Gasteiger partial charge in [0.05, 0.1) is 11.5 Å². The van der Waals surface area contributed by atoms with Crippen LogP contribution in [-0.4, -0.2) is 30.4 Å². The van der Waals surface area contributed by atoms with E-state index in [0.29, 0.717) is 16.3 Å². The molecule has 1 fully saturated rings. The molecule has 114 valence electrons. The highest BCUT2D eigenvalue weighted by Gasteiger charge is 2.34. The zero-order chi connectivity index (χ0) is 14.8. The number of rotatable bonds is 5. The van der Waals surface area contributed by atoms with Gasteiger partial charge in [-0.15, -0.1) is 11.3 Å². The van der Waals surface area contributed by atoms with Crippen LogP contribution in [0.15, 0.2) is 10.3 Å².